The number of nitrogens with zero attached hydrogens (tertiary/aromatic N) is 1. The zero-order valence-electron chi connectivity index (χ0n) is 11.1. The van der Waals surface area contributed by atoms with Crippen LogP contribution in [0.1, 0.15) is 18.1 Å². The van der Waals surface area contributed by atoms with E-state index in [4.69, 9.17) is 5.73 Å². The number of halogens is 1. The van der Waals surface area contributed by atoms with Crippen LogP contribution in [0.5, 0.6) is 0 Å². The molecule has 100 valence electrons. The minimum Gasteiger partial charge on any atom is -0.399 e. The number of hydrogen-bond donors (Lipinski definition) is 1. The summed E-state index contributed by atoms with van der Waals surface area (Å²) < 4.78 is 13.6. The van der Waals surface area contributed by atoms with Crippen molar-refractivity contribution in [2.24, 2.45) is 0 Å². The summed E-state index contributed by atoms with van der Waals surface area (Å²) in [6.07, 6.45) is 0. The van der Waals surface area contributed by atoms with Crippen molar-refractivity contribution in [1.29, 1.82) is 0 Å². The molecule has 0 fully saturated rings. The van der Waals surface area contributed by atoms with Gasteiger partial charge in [-0.05, 0) is 30.3 Å². The van der Waals surface area contributed by atoms with Gasteiger partial charge in [-0.1, -0.05) is 37.3 Å². The molecule has 3 heteroatoms. The van der Waals surface area contributed by atoms with Gasteiger partial charge in [-0.2, -0.15) is 0 Å². The van der Waals surface area contributed by atoms with E-state index in [2.05, 4.69) is 11.8 Å². The highest BCUT2D eigenvalue weighted by Gasteiger charge is 2.08. The fourth-order valence-electron chi connectivity index (χ4n) is 2.10. The third-order valence-electron chi connectivity index (χ3n) is 3.16. The Morgan fingerprint density at radius 2 is 1.84 bits per heavy atom. The van der Waals surface area contributed by atoms with E-state index in [1.54, 1.807) is 6.07 Å². The molecule has 2 rings (SSSR count). The van der Waals surface area contributed by atoms with Gasteiger partial charge in [-0.3, -0.25) is 4.90 Å². The van der Waals surface area contributed by atoms with E-state index in [-0.39, 0.29) is 5.82 Å². The van der Waals surface area contributed by atoms with Crippen molar-refractivity contribution < 1.29 is 4.39 Å². The molecule has 0 aliphatic carbocycles. The molecule has 2 nitrogen and oxygen atoms in total. The van der Waals surface area contributed by atoms with Gasteiger partial charge < -0.3 is 5.73 Å². The van der Waals surface area contributed by atoms with Crippen LogP contribution < -0.4 is 5.73 Å². The van der Waals surface area contributed by atoms with Gasteiger partial charge in [0.15, 0.2) is 0 Å². The van der Waals surface area contributed by atoms with Gasteiger partial charge in [0.05, 0.1) is 0 Å². The summed E-state index contributed by atoms with van der Waals surface area (Å²) >= 11 is 0. The van der Waals surface area contributed by atoms with Crippen LogP contribution in [-0.2, 0) is 13.1 Å². The molecule has 0 aliphatic rings. The zero-order chi connectivity index (χ0) is 13.7. The lowest BCUT2D eigenvalue weighted by Gasteiger charge is -2.21. The Morgan fingerprint density at radius 3 is 2.53 bits per heavy atom. The highest BCUT2D eigenvalue weighted by atomic mass is 19.1. The van der Waals surface area contributed by atoms with Gasteiger partial charge in [-0.15, -0.1) is 0 Å². The maximum absolute atomic E-state index is 13.6. The van der Waals surface area contributed by atoms with Crippen molar-refractivity contribution in [1.82, 2.24) is 4.90 Å². The SMILES string of the molecule is CCN(Cc1cccc(N)c1)Cc1ccccc1F. The summed E-state index contributed by atoms with van der Waals surface area (Å²) in [5.74, 6) is -0.145. The van der Waals surface area contributed by atoms with Crippen LogP contribution in [0.4, 0.5) is 10.1 Å². The number of benzene rings is 2. The largest absolute Gasteiger partial charge is 0.399 e. The van der Waals surface area contributed by atoms with Gasteiger partial charge >= 0.3 is 0 Å². The van der Waals surface area contributed by atoms with Crippen LogP contribution in [0.25, 0.3) is 0 Å². The molecular formula is C16H19FN2. The van der Waals surface area contributed by atoms with E-state index in [0.29, 0.717) is 6.54 Å². The van der Waals surface area contributed by atoms with E-state index >= 15 is 0 Å². The molecule has 0 saturated carbocycles. The first-order valence-electron chi connectivity index (χ1n) is 6.49. The molecule has 0 radical (unpaired) electrons. The average Bonchev–Trinajstić information content (AvgIpc) is 2.40. The number of nitrogen functional groups attached to an aromatic ring is 1. The third kappa shape index (κ3) is 3.80. The molecule has 0 amide bonds. The van der Waals surface area contributed by atoms with E-state index in [1.807, 2.05) is 36.4 Å². The Kier molecular flexibility index (Phi) is 4.53. The third-order valence-corrected chi connectivity index (χ3v) is 3.16. The maximum Gasteiger partial charge on any atom is 0.127 e. The molecule has 0 bridgehead atoms. The molecule has 0 spiro atoms. The van der Waals surface area contributed by atoms with E-state index in [0.717, 1.165) is 29.9 Å². The summed E-state index contributed by atoms with van der Waals surface area (Å²) in [6.45, 7) is 4.32. The molecular weight excluding hydrogens is 239 g/mol. The standard InChI is InChI=1S/C16H19FN2/c1-2-19(11-13-6-5-8-15(18)10-13)12-14-7-3-4-9-16(14)17/h3-10H,2,11-12,18H2,1H3. The van der Waals surface area contributed by atoms with Crippen LogP contribution in [0.3, 0.4) is 0 Å². The molecule has 0 unspecified atom stereocenters. The molecule has 0 saturated heterocycles. The Labute approximate surface area is 113 Å². The number of anilines is 1. The van der Waals surface area contributed by atoms with Gasteiger partial charge in [0, 0.05) is 24.3 Å². The number of nitrogens with two attached hydrogens (primary N) is 1. The Hall–Kier alpha value is -1.87. The molecule has 0 atom stereocenters. The molecule has 2 aromatic carbocycles. The first kappa shape index (κ1) is 13.6. The van der Waals surface area contributed by atoms with Crippen molar-refractivity contribution in [3.8, 4) is 0 Å². The van der Waals surface area contributed by atoms with Crippen LogP contribution in [0.2, 0.25) is 0 Å². The number of hydrogen-bond acceptors (Lipinski definition) is 2. The Bertz CT molecular complexity index is 540. The van der Waals surface area contributed by atoms with Crippen molar-refractivity contribution in [3.05, 3.63) is 65.5 Å². The minimum absolute atomic E-state index is 0.145. The van der Waals surface area contributed by atoms with E-state index < -0.39 is 0 Å². The molecule has 0 aromatic heterocycles. The van der Waals surface area contributed by atoms with Crippen molar-refractivity contribution in [2.75, 3.05) is 12.3 Å². The summed E-state index contributed by atoms with van der Waals surface area (Å²) in [5, 5.41) is 0. The second-order valence-electron chi connectivity index (χ2n) is 4.64. The van der Waals surface area contributed by atoms with Gasteiger partial charge in [-0.25, -0.2) is 4.39 Å². The van der Waals surface area contributed by atoms with Gasteiger partial charge in [0.25, 0.3) is 0 Å². The minimum atomic E-state index is -0.145. The predicted octanol–water partition coefficient (Wildman–Crippen LogP) is 3.43. The molecule has 2 N–H and O–H groups in total. The monoisotopic (exact) mass is 258 g/mol. The molecule has 0 aliphatic heterocycles. The summed E-state index contributed by atoms with van der Waals surface area (Å²) in [6, 6.07) is 14.7. The summed E-state index contributed by atoms with van der Waals surface area (Å²) in [7, 11) is 0. The highest BCUT2D eigenvalue weighted by molar-refractivity contribution is 5.40. The quantitative estimate of drug-likeness (QED) is 0.832. The first-order valence-corrected chi connectivity index (χ1v) is 6.49. The van der Waals surface area contributed by atoms with Crippen molar-refractivity contribution >= 4 is 5.69 Å². The Morgan fingerprint density at radius 1 is 1.05 bits per heavy atom. The highest BCUT2D eigenvalue weighted by Crippen LogP contribution is 2.14. The lowest BCUT2D eigenvalue weighted by molar-refractivity contribution is 0.267. The fraction of sp³-hybridized carbons (Fsp3) is 0.250. The van der Waals surface area contributed by atoms with Crippen molar-refractivity contribution in [3.63, 3.8) is 0 Å². The number of rotatable bonds is 5. The lowest BCUT2D eigenvalue weighted by atomic mass is 10.1. The predicted molar refractivity (Wildman–Crippen MR) is 77.0 cm³/mol. The summed E-state index contributed by atoms with van der Waals surface area (Å²) in [4.78, 5) is 2.19. The van der Waals surface area contributed by atoms with E-state index in [9.17, 15) is 4.39 Å². The second kappa shape index (κ2) is 6.34. The van der Waals surface area contributed by atoms with Crippen LogP contribution in [0.15, 0.2) is 48.5 Å². The normalized spacial score (nSPS) is 10.9. The second-order valence-corrected chi connectivity index (χ2v) is 4.64. The zero-order valence-corrected chi connectivity index (χ0v) is 11.1. The topological polar surface area (TPSA) is 29.3 Å². The van der Waals surface area contributed by atoms with Crippen LogP contribution >= 0.6 is 0 Å². The average molecular weight is 258 g/mol. The lowest BCUT2D eigenvalue weighted by Crippen LogP contribution is -2.22. The Balaban J connectivity index is 2.07. The first-order chi connectivity index (χ1) is 9.19. The van der Waals surface area contributed by atoms with Crippen molar-refractivity contribution in [2.45, 2.75) is 20.0 Å². The summed E-state index contributed by atoms with van der Waals surface area (Å²) in [5.41, 5.74) is 8.42. The van der Waals surface area contributed by atoms with E-state index in [1.165, 1.54) is 6.07 Å². The molecule has 0 heterocycles. The van der Waals surface area contributed by atoms with Crippen LogP contribution in [-0.4, -0.2) is 11.4 Å². The fourth-order valence-corrected chi connectivity index (χ4v) is 2.10. The van der Waals surface area contributed by atoms with Gasteiger partial charge in [0.2, 0.25) is 0 Å². The smallest absolute Gasteiger partial charge is 0.127 e. The van der Waals surface area contributed by atoms with Crippen LogP contribution in [0, 0.1) is 5.82 Å². The molecule has 2 aromatic rings. The maximum atomic E-state index is 13.6. The molecule has 19 heavy (non-hydrogen) atoms. The van der Waals surface area contributed by atoms with Gasteiger partial charge in [0.1, 0.15) is 5.82 Å².